The van der Waals surface area contributed by atoms with E-state index >= 15 is 0 Å². The van der Waals surface area contributed by atoms with Gasteiger partial charge in [-0.15, -0.1) is 11.3 Å². The highest BCUT2D eigenvalue weighted by Crippen LogP contribution is 2.41. The second-order valence-electron chi connectivity index (χ2n) is 10.4. The van der Waals surface area contributed by atoms with Crippen molar-refractivity contribution >= 4 is 28.6 Å². The highest BCUT2D eigenvalue weighted by Gasteiger charge is 2.35. The molecule has 1 aromatic carbocycles. The third-order valence-corrected chi connectivity index (χ3v) is 9.18. The van der Waals surface area contributed by atoms with Gasteiger partial charge in [0.25, 0.3) is 0 Å². The minimum Gasteiger partial charge on any atom is -0.371 e. The predicted molar refractivity (Wildman–Crippen MR) is 132 cm³/mol. The van der Waals surface area contributed by atoms with Crippen LogP contribution < -0.4 is 15.8 Å². The van der Waals surface area contributed by atoms with Gasteiger partial charge < -0.3 is 4.90 Å². The number of aryl methyl sites for hydroxylation is 1. The van der Waals surface area contributed by atoms with Gasteiger partial charge in [0, 0.05) is 53.2 Å². The van der Waals surface area contributed by atoms with Crippen LogP contribution in [0.1, 0.15) is 83.1 Å². The summed E-state index contributed by atoms with van der Waals surface area (Å²) < 4.78 is 0. The highest BCUT2D eigenvalue weighted by molar-refractivity contribution is 7.12. The molecule has 1 unspecified atom stereocenters. The fourth-order valence-corrected chi connectivity index (χ4v) is 6.76. The van der Waals surface area contributed by atoms with Crippen LogP contribution in [0, 0.1) is 17.8 Å². The lowest BCUT2D eigenvalue weighted by Gasteiger charge is -2.27. The molecule has 5 nitrogen and oxygen atoms in total. The van der Waals surface area contributed by atoms with Crippen molar-refractivity contribution in [2.24, 2.45) is 17.8 Å². The lowest BCUT2D eigenvalue weighted by atomic mass is 9.80. The van der Waals surface area contributed by atoms with Gasteiger partial charge in [0.2, 0.25) is 10.9 Å². The Bertz CT molecular complexity index is 1160. The largest absolute Gasteiger partial charge is 0.371 e. The van der Waals surface area contributed by atoms with E-state index in [9.17, 15) is 19.2 Å². The molecule has 2 aromatic rings. The SMILES string of the molecule is CCN(C)c1c(CC2CCc3sc(CC(=O)C4CC4)c(C(=O)CCC4CC4)c3C2)c(=O)c1=O. The van der Waals surface area contributed by atoms with Crippen molar-refractivity contribution in [3.05, 3.63) is 46.9 Å². The number of rotatable bonds is 11. The van der Waals surface area contributed by atoms with Gasteiger partial charge in [-0.25, -0.2) is 0 Å². The van der Waals surface area contributed by atoms with Crippen LogP contribution in [0.5, 0.6) is 0 Å². The minimum atomic E-state index is -0.363. The Morgan fingerprint density at radius 3 is 2.45 bits per heavy atom. The molecule has 1 atom stereocenters. The summed E-state index contributed by atoms with van der Waals surface area (Å²) in [5.41, 5.74) is 2.52. The van der Waals surface area contributed by atoms with Crippen LogP contribution in [0.15, 0.2) is 9.59 Å². The van der Waals surface area contributed by atoms with Crippen molar-refractivity contribution in [1.82, 2.24) is 0 Å². The molecule has 0 N–H and O–H groups in total. The number of hydrogen-bond acceptors (Lipinski definition) is 6. The van der Waals surface area contributed by atoms with Gasteiger partial charge in [-0.05, 0) is 69.3 Å². The summed E-state index contributed by atoms with van der Waals surface area (Å²) in [5.74, 6) is 1.66. The molecule has 0 saturated heterocycles. The van der Waals surface area contributed by atoms with Crippen molar-refractivity contribution in [3.8, 4) is 0 Å². The Kier molecular flexibility index (Phi) is 6.15. The lowest BCUT2D eigenvalue weighted by molar-refractivity contribution is -0.119. The first-order valence-corrected chi connectivity index (χ1v) is 13.4. The van der Waals surface area contributed by atoms with Gasteiger partial charge in [0.05, 0.1) is 5.69 Å². The van der Waals surface area contributed by atoms with Crippen LogP contribution in [-0.4, -0.2) is 25.2 Å². The monoisotopic (exact) mass is 467 g/mol. The molecule has 3 aliphatic carbocycles. The van der Waals surface area contributed by atoms with Gasteiger partial charge in [-0.3, -0.25) is 19.2 Å². The van der Waals surface area contributed by atoms with Crippen LogP contribution in [-0.2, 0) is 30.5 Å². The van der Waals surface area contributed by atoms with E-state index in [1.54, 1.807) is 11.3 Å². The molecule has 0 radical (unpaired) electrons. The van der Waals surface area contributed by atoms with Crippen LogP contribution in [0.4, 0.5) is 5.69 Å². The number of Topliss-reactive ketones (excluding diaryl/α,β-unsaturated/α-hetero) is 2. The van der Waals surface area contributed by atoms with Crippen molar-refractivity contribution in [3.63, 3.8) is 0 Å². The fraction of sp³-hybridized carbons (Fsp3) is 0.630. The first kappa shape index (κ1) is 22.7. The predicted octanol–water partition coefficient (Wildman–Crippen LogP) is 4.04. The summed E-state index contributed by atoms with van der Waals surface area (Å²) in [4.78, 5) is 54.5. The van der Waals surface area contributed by atoms with E-state index in [2.05, 4.69) is 0 Å². The maximum Gasteiger partial charge on any atom is 0.249 e. The fourth-order valence-electron chi connectivity index (χ4n) is 5.38. The Morgan fingerprint density at radius 1 is 1.03 bits per heavy atom. The summed E-state index contributed by atoms with van der Waals surface area (Å²) in [6.45, 7) is 2.66. The van der Waals surface area contributed by atoms with Gasteiger partial charge >= 0.3 is 0 Å². The maximum atomic E-state index is 13.3. The standard InChI is InChI=1S/C27H33NO4S/c1-3-28(2)25-19(26(31)27(25)32)13-16-7-11-22-18(12-16)24(20(29)10-6-15-4-5-15)23(33-22)14-21(30)17-8-9-17/h15-17H,3-14H2,1-2H3. The third-order valence-electron chi connectivity index (χ3n) is 7.89. The number of anilines is 1. The molecule has 3 aliphatic rings. The Labute approximate surface area is 198 Å². The number of nitrogens with zero attached hydrogens (tertiary/aromatic N) is 1. The average molecular weight is 468 g/mol. The van der Waals surface area contributed by atoms with Crippen molar-refractivity contribution in [2.75, 3.05) is 18.5 Å². The molecule has 33 heavy (non-hydrogen) atoms. The molecule has 6 heteroatoms. The second-order valence-corrected chi connectivity index (χ2v) is 11.6. The number of fused-ring (bicyclic) bond motifs is 1. The Hall–Kier alpha value is -2.08. The van der Waals surface area contributed by atoms with Crippen LogP contribution >= 0.6 is 11.3 Å². The van der Waals surface area contributed by atoms with Gasteiger partial charge in [0.15, 0.2) is 5.78 Å². The minimum absolute atomic E-state index is 0.203. The van der Waals surface area contributed by atoms with E-state index in [1.807, 2.05) is 18.9 Å². The Balaban J connectivity index is 1.39. The number of thiophene rings is 1. The molecule has 176 valence electrons. The summed E-state index contributed by atoms with van der Waals surface area (Å²) in [6, 6.07) is 0. The van der Waals surface area contributed by atoms with Gasteiger partial charge in [-0.1, -0.05) is 12.8 Å². The normalized spacial score (nSPS) is 20.1. The van der Waals surface area contributed by atoms with Crippen LogP contribution in [0.25, 0.3) is 0 Å². The third kappa shape index (κ3) is 4.51. The first-order valence-electron chi connectivity index (χ1n) is 12.6. The van der Waals surface area contributed by atoms with E-state index in [4.69, 9.17) is 0 Å². The molecule has 0 aliphatic heterocycles. The van der Waals surface area contributed by atoms with Crippen LogP contribution in [0.3, 0.4) is 0 Å². The summed E-state index contributed by atoms with van der Waals surface area (Å²) in [7, 11) is 1.86. The maximum absolute atomic E-state index is 13.3. The zero-order valence-electron chi connectivity index (χ0n) is 19.7. The van der Waals surface area contributed by atoms with E-state index in [0.717, 1.165) is 54.5 Å². The summed E-state index contributed by atoms with van der Waals surface area (Å²) >= 11 is 1.68. The molecule has 0 spiro atoms. The number of hydrogen-bond donors (Lipinski definition) is 0. The number of carbonyl (C=O) groups excluding carboxylic acids is 2. The van der Waals surface area contributed by atoms with Crippen LogP contribution in [0.2, 0.25) is 0 Å². The molecular weight excluding hydrogens is 434 g/mol. The lowest BCUT2D eigenvalue weighted by Crippen LogP contribution is -2.43. The smallest absolute Gasteiger partial charge is 0.249 e. The summed E-state index contributed by atoms with van der Waals surface area (Å²) in [5, 5.41) is 0. The van der Waals surface area contributed by atoms with Gasteiger partial charge in [-0.2, -0.15) is 0 Å². The molecule has 2 saturated carbocycles. The zero-order valence-corrected chi connectivity index (χ0v) is 20.5. The second kappa shape index (κ2) is 8.94. The topological polar surface area (TPSA) is 71.5 Å². The van der Waals surface area contributed by atoms with E-state index in [1.165, 1.54) is 17.7 Å². The molecule has 2 fully saturated rings. The quantitative estimate of drug-likeness (QED) is 0.368. The molecule has 1 heterocycles. The van der Waals surface area contributed by atoms with Crippen molar-refractivity contribution < 1.29 is 9.59 Å². The van der Waals surface area contributed by atoms with E-state index in [-0.39, 0.29) is 34.3 Å². The van der Waals surface area contributed by atoms with Gasteiger partial charge in [0.1, 0.15) is 5.78 Å². The molecule has 1 aromatic heterocycles. The Morgan fingerprint density at radius 2 is 1.79 bits per heavy atom. The van der Waals surface area contributed by atoms with Crippen molar-refractivity contribution in [2.45, 2.75) is 77.6 Å². The van der Waals surface area contributed by atoms with E-state index < -0.39 is 0 Å². The summed E-state index contributed by atoms with van der Waals surface area (Å²) in [6.07, 6.45) is 9.61. The molecule has 5 rings (SSSR count). The molecule has 0 bridgehead atoms. The highest BCUT2D eigenvalue weighted by atomic mass is 32.1. The first-order chi connectivity index (χ1) is 15.9. The molecular formula is C27H33NO4S. The van der Waals surface area contributed by atoms with E-state index in [0.29, 0.717) is 43.0 Å². The average Bonchev–Trinajstić information content (AvgIpc) is 3.73. The number of ketones is 2. The zero-order chi connectivity index (χ0) is 23.3. The molecule has 0 amide bonds. The number of carbonyl (C=O) groups is 2. The van der Waals surface area contributed by atoms with Crippen molar-refractivity contribution in [1.29, 1.82) is 0 Å².